The van der Waals surface area contributed by atoms with Crippen LogP contribution in [0.1, 0.15) is 58.3 Å². The highest BCUT2D eigenvalue weighted by Gasteiger charge is 2.21. The van der Waals surface area contributed by atoms with Crippen molar-refractivity contribution in [2.24, 2.45) is 17.9 Å². The van der Waals surface area contributed by atoms with Gasteiger partial charge in [-0.15, -0.1) is 0 Å². The third-order valence-electron chi connectivity index (χ3n) is 5.32. The number of nitrogens with zero attached hydrogens (tertiary/aromatic N) is 2. The van der Waals surface area contributed by atoms with E-state index in [2.05, 4.69) is 5.16 Å². The molecule has 1 aromatic heterocycles. The van der Waals surface area contributed by atoms with Crippen LogP contribution >= 0.6 is 0 Å². The predicted molar refractivity (Wildman–Crippen MR) is 130 cm³/mol. The van der Waals surface area contributed by atoms with Crippen molar-refractivity contribution in [3.8, 4) is 0 Å². The smallest absolute Gasteiger partial charge is 0.250 e. The van der Waals surface area contributed by atoms with Crippen molar-refractivity contribution >= 4 is 11.6 Å². The van der Waals surface area contributed by atoms with Gasteiger partial charge < -0.3 is 20.6 Å². The van der Waals surface area contributed by atoms with Crippen LogP contribution in [-0.2, 0) is 7.05 Å². The first-order chi connectivity index (χ1) is 15.8. The van der Waals surface area contributed by atoms with E-state index < -0.39 is 5.91 Å². The monoisotopic (exact) mass is 449 g/mol. The number of benzene rings is 2. The van der Waals surface area contributed by atoms with E-state index in [1.165, 1.54) is 10.6 Å². The van der Waals surface area contributed by atoms with Crippen LogP contribution in [0.2, 0.25) is 0 Å². The quantitative estimate of drug-likeness (QED) is 0.290. The van der Waals surface area contributed by atoms with Gasteiger partial charge in [0.15, 0.2) is 0 Å². The summed E-state index contributed by atoms with van der Waals surface area (Å²) >= 11 is 0. The summed E-state index contributed by atoms with van der Waals surface area (Å²) in [7, 11) is 1.65. The summed E-state index contributed by atoms with van der Waals surface area (Å²) in [6.45, 7) is 4.28. The Morgan fingerprint density at radius 2 is 1.67 bits per heavy atom. The van der Waals surface area contributed by atoms with Gasteiger partial charge in [0.25, 0.3) is 0 Å². The van der Waals surface area contributed by atoms with Crippen LogP contribution < -0.4 is 11.3 Å². The largest absolute Gasteiger partial charge is 0.411 e. The lowest BCUT2D eigenvalue weighted by Crippen LogP contribution is -2.18. The summed E-state index contributed by atoms with van der Waals surface area (Å²) < 4.78 is 1.45. The van der Waals surface area contributed by atoms with Crippen molar-refractivity contribution in [3.63, 3.8) is 0 Å². The number of carbonyl (C=O) groups excluding carboxylic acids is 1. The molecule has 0 saturated heterocycles. The lowest BCUT2D eigenvalue weighted by molar-refractivity contribution is 0.1000. The van der Waals surface area contributed by atoms with Gasteiger partial charge in [0.1, 0.15) is 0 Å². The number of rotatable bonds is 7. The average Bonchev–Trinajstić information content (AvgIpc) is 2.83. The number of pyridine rings is 1. The van der Waals surface area contributed by atoms with Crippen molar-refractivity contribution in [1.29, 1.82) is 0 Å². The topological polar surface area (TPSA) is 118 Å². The maximum Gasteiger partial charge on any atom is 0.250 e. The molecule has 3 aromatic rings. The van der Waals surface area contributed by atoms with Crippen LogP contribution in [0.3, 0.4) is 0 Å². The zero-order valence-electron chi connectivity index (χ0n) is 19.2. The Morgan fingerprint density at radius 3 is 2.18 bits per heavy atom. The van der Waals surface area contributed by atoms with E-state index in [0.29, 0.717) is 29.9 Å². The van der Waals surface area contributed by atoms with Gasteiger partial charge in [0.2, 0.25) is 11.5 Å². The minimum atomic E-state index is -0.480. The Morgan fingerprint density at radius 1 is 1.06 bits per heavy atom. The molecule has 7 heteroatoms. The number of aromatic nitrogens is 1. The van der Waals surface area contributed by atoms with E-state index in [-0.39, 0.29) is 11.5 Å². The van der Waals surface area contributed by atoms with E-state index in [9.17, 15) is 14.8 Å². The van der Waals surface area contributed by atoms with Gasteiger partial charge in [-0.3, -0.25) is 9.59 Å². The number of carbonyl (C=O) groups is 1. The van der Waals surface area contributed by atoms with Gasteiger partial charge in [-0.1, -0.05) is 48.5 Å². The number of amides is 1. The molecule has 33 heavy (non-hydrogen) atoms. The maximum atomic E-state index is 11.7. The highest BCUT2D eigenvalue weighted by Crippen LogP contribution is 2.32. The van der Waals surface area contributed by atoms with E-state index in [1.54, 1.807) is 31.4 Å². The number of primary amides is 1. The van der Waals surface area contributed by atoms with E-state index in [0.717, 1.165) is 23.1 Å². The van der Waals surface area contributed by atoms with Crippen LogP contribution in [0.15, 0.2) is 76.8 Å². The number of aliphatic hydroxyl groups is 1. The molecule has 0 aliphatic heterocycles. The second-order valence-electron chi connectivity index (χ2n) is 7.74. The Bertz CT molecular complexity index is 1150. The predicted octanol–water partition coefficient (Wildman–Crippen LogP) is 3.58. The van der Waals surface area contributed by atoms with Crippen LogP contribution in [0.4, 0.5) is 0 Å². The van der Waals surface area contributed by atoms with Crippen molar-refractivity contribution in [2.45, 2.75) is 32.6 Å². The number of nitrogens with two attached hydrogens (primary N) is 1. The molecule has 4 N–H and O–H groups in total. The summed E-state index contributed by atoms with van der Waals surface area (Å²) in [6.07, 6.45) is 2.94. The van der Waals surface area contributed by atoms with Crippen LogP contribution in [-0.4, -0.2) is 33.1 Å². The molecule has 0 aliphatic rings. The molecule has 2 aromatic carbocycles. The standard InChI is InChI=1S/C23H23N3O3.C3H8O/c1-15-5-3-4-6-19(15)20(16-7-9-17(10-8-16)23(24)28)13-21(25-29)18-11-12-22(27)26(2)14-18;1-2-3-4/h3-12,14,20,29H,13H2,1-2H3,(H2,24,28);4H,2-3H2,1H3/b25-21+;. The first-order valence-electron chi connectivity index (χ1n) is 10.8. The summed E-state index contributed by atoms with van der Waals surface area (Å²) in [5, 5.41) is 21.1. The zero-order chi connectivity index (χ0) is 24.4. The number of oxime groups is 1. The van der Waals surface area contributed by atoms with E-state index in [1.807, 2.05) is 50.2 Å². The fourth-order valence-corrected chi connectivity index (χ4v) is 3.44. The van der Waals surface area contributed by atoms with Crippen molar-refractivity contribution in [3.05, 3.63) is 105 Å². The Balaban J connectivity index is 0.000000890. The molecule has 1 atom stereocenters. The highest BCUT2D eigenvalue weighted by molar-refractivity contribution is 6.00. The molecule has 0 aliphatic carbocycles. The molecular weight excluding hydrogens is 418 g/mol. The number of aryl methyl sites for hydroxylation is 2. The first-order valence-corrected chi connectivity index (χ1v) is 10.8. The fourth-order valence-electron chi connectivity index (χ4n) is 3.44. The van der Waals surface area contributed by atoms with Crippen molar-refractivity contribution in [1.82, 2.24) is 4.57 Å². The summed E-state index contributed by atoms with van der Waals surface area (Å²) in [6, 6.07) is 18.2. The van der Waals surface area contributed by atoms with Gasteiger partial charge in [-0.2, -0.15) is 0 Å². The first kappa shape index (κ1) is 25.5. The lowest BCUT2D eigenvalue weighted by atomic mass is 9.83. The van der Waals surface area contributed by atoms with Gasteiger partial charge in [-0.05, 0) is 48.2 Å². The molecule has 0 fully saturated rings. The van der Waals surface area contributed by atoms with Crippen molar-refractivity contribution < 1.29 is 15.1 Å². The SMILES string of the molecule is CCCO.Cc1ccccc1C(C/C(=N\O)c1ccc(=O)n(C)c1)c1ccc(C(N)=O)cc1. The molecule has 0 spiro atoms. The van der Waals surface area contributed by atoms with Gasteiger partial charge in [-0.25, -0.2) is 0 Å². The number of hydrogen-bond acceptors (Lipinski definition) is 5. The number of hydrogen-bond donors (Lipinski definition) is 3. The van der Waals surface area contributed by atoms with Crippen LogP contribution in [0.5, 0.6) is 0 Å². The Labute approximate surface area is 193 Å². The molecule has 1 unspecified atom stereocenters. The number of aliphatic hydroxyl groups excluding tert-OH is 1. The van der Waals surface area contributed by atoms with Gasteiger partial charge in [0, 0.05) is 49.4 Å². The molecule has 1 amide bonds. The average molecular weight is 450 g/mol. The molecule has 3 rings (SSSR count). The third-order valence-corrected chi connectivity index (χ3v) is 5.32. The Kier molecular flexibility index (Phi) is 9.57. The third kappa shape index (κ3) is 6.89. The second-order valence-corrected chi connectivity index (χ2v) is 7.74. The van der Waals surface area contributed by atoms with Crippen LogP contribution in [0.25, 0.3) is 0 Å². The molecule has 0 radical (unpaired) electrons. The highest BCUT2D eigenvalue weighted by atomic mass is 16.4. The van der Waals surface area contributed by atoms with Crippen LogP contribution in [0, 0.1) is 6.92 Å². The summed E-state index contributed by atoms with van der Waals surface area (Å²) in [5.41, 5.74) is 9.96. The fraction of sp³-hybridized carbons (Fsp3) is 0.269. The molecule has 0 bridgehead atoms. The second kappa shape index (κ2) is 12.4. The van der Waals surface area contributed by atoms with Crippen molar-refractivity contribution in [2.75, 3.05) is 6.61 Å². The van der Waals surface area contributed by atoms with E-state index >= 15 is 0 Å². The normalized spacial score (nSPS) is 11.9. The lowest BCUT2D eigenvalue weighted by Gasteiger charge is -2.21. The summed E-state index contributed by atoms with van der Waals surface area (Å²) in [5.74, 6) is -0.590. The Hall–Kier alpha value is -3.71. The molecular formula is C26H31N3O4. The van der Waals surface area contributed by atoms with E-state index in [4.69, 9.17) is 10.8 Å². The molecule has 1 heterocycles. The zero-order valence-corrected chi connectivity index (χ0v) is 19.2. The molecule has 174 valence electrons. The van der Waals surface area contributed by atoms with Gasteiger partial charge in [0.05, 0.1) is 5.71 Å². The minimum Gasteiger partial charge on any atom is -0.411 e. The maximum absolute atomic E-state index is 11.7. The minimum absolute atomic E-state index is 0.110. The molecule has 7 nitrogen and oxygen atoms in total. The van der Waals surface area contributed by atoms with Gasteiger partial charge >= 0.3 is 0 Å². The summed E-state index contributed by atoms with van der Waals surface area (Å²) in [4.78, 5) is 23.1. The molecule has 0 saturated carbocycles.